The second-order valence-electron chi connectivity index (χ2n) is 14.3. The maximum Gasteiger partial charge on any atom is 0.255 e. The number of benzene rings is 3. The van der Waals surface area contributed by atoms with Gasteiger partial charge in [0, 0.05) is 86.2 Å². The van der Waals surface area contributed by atoms with Crippen LogP contribution in [0.4, 0.5) is 27.3 Å². The topological polar surface area (TPSA) is 161 Å². The van der Waals surface area contributed by atoms with Crippen molar-refractivity contribution in [1.29, 1.82) is 0 Å². The molecule has 3 aromatic carbocycles. The van der Waals surface area contributed by atoms with Crippen molar-refractivity contribution in [2.24, 2.45) is 0 Å². The first kappa shape index (κ1) is 39.6. The van der Waals surface area contributed by atoms with Crippen LogP contribution in [0.1, 0.15) is 48.0 Å². The van der Waals surface area contributed by atoms with Gasteiger partial charge in [0.15, 0.2) is 0 Å². The highest BCUT2D eigenvalue weighted by molar-refractivity contribution is 6.31. The van der Waals surface area contributed by atoms with Gasteiger partial charge < -0.3 is 35.4 Å². The molecule has 4 aromatic rings. The van der Waals surface area contributed by atoms with E-state index >= 15 is 0 Å². The molecule has 4 N–H and O–H groups in total. The summed E-state index contributed by atoms with van der Waals surface area (Å²) in [5, 5.41) is 12.4. The molecule has 7 rings (SSSR count). The Hall–Kier alpha value is -5.64. The van der Waals surface area contributed by atoms with Crippen LogP contribution < -0.4 is 26.0 Å². The average Bonchev–Trinajstić information content (AvgIpc) is 3.54. The number of nitrogens with zero attached hydrogens (tertiary/aromatic N) is 5. The highest BCUT2D eigenvalue weighted by atomic mass is 35.5. The summed E-state index contributed by atoms with van der Waals surface area (Å²) in [6.07, 6.45) is 5.99. The largest absolute Gasteiger partial charge is 0.491 e. The van der Waals surface area contributed by atoms with Crippen LogP contribution in [0.5, 0.6) is 5.75 Å². The van der Waals surface area contributed by atoms with E-state index in [9.17, 15) is 23.6 Å². The summed E-state index contributed by atoms with van der Waals surface area (Å²) in [6, 6.07) is 12.8. The zero-order valence-corrected chi connectivity index (χ0v) is 32.2. The van der Waals surface area contributed by atoms with Crippen molar-refractivity contribution in [1.82, 2.24) is 30.0 Å². The van der Waals surface area contributed by atoms with Crippen LogP contribution in [-0.4, -0.2) is 107 Å². The van der Waals surface area contributed by atoms with Gasteiger partial charge in [0.25, 0.3) is 5.91 Å². The minimum atomic E-state index is -0.627. The fraction of sp³-hybridized carbons (Fsp3) is 0.366. The second kappa shape index (κ2) is 18.1. The van der Waals surface area contributed by atoms with Crippen molar-refractivity contribution in [3.8, 4) is 5.75 Å². The van der Waals surface area contributed by atoms with Gasteiger partial charge in [-0.05, 0) is 74.7 Å². The molecule has 57 heavy (non-hydrogen) atoms. The fourth-order valence-corrected chi connectivity index (χ4v) is 7.62. The number of piperidine rings is 1. The smallest absolute Gasteiger partial charge is 0.255 e. The molecule has 1 aromatic heterocycles. The predicted molar refractivity (Wildman–Crippen MR) is 216 cm³/mol. The van der Waals surface area contributed by atoms with Crippen molar-refractivity contribution in [3.63, 3.8) is 0 Å². The van der Waals surface area contributed by atoms with Crippen LogP contribution in [0, 0.1) is 5.82 Å². The second-order valence-corrected chi connectivity index (χ2v) is 14.7. The molecule has 298 valence electrons. The van der Waals surface area contributed by atoms with Crippen molar-refractivity contribution >= 4 is 69.0 Å². The number of hydrogen-bond acceptors (Lipinski definition) is 11. The Morgan fingerprint density at radius 2 is 1.79 bits per heavy atom. The third kappa shape index (κ3) is 9.50. The van der Waals surface area contributed by atoms with Crippen LogP contribution in [0.15, 0.2) is 67.5 Å². The number of carbonyl (C=O) groups excluding carboxylic acids is 4. The molecule has 2 saturated heterocycles. The van der Waals surface area contributed by atoms with E-state index in [2.05, 4.69) is 47.6 Å². The van der Waals surface area contributed by atoms with Gasteiger partial charge >= 0.3 is 0 Å². The SMILES string of the molecule is C=CC(=O)Nc1cc2c(Nc3ccc(F)c(Cl)c3)ncnc2cc1OCCCN1CCN(CCCCNc2cccc3c2CN(C2CCC(=O)NC2=O)C3=O)CC1. The number of imide groups is 1. The molecule has 0 bridgehead atoms. The highest BCUT2D eigenvalue weighted by Crippen LogP contribution is 2.35. The maximum absolute atomic E-state index is 13.7. The van der Waals surface area contributed by atoms with Gasteiger partial charge in [-0.25, -0.2) is 14.4 Å². The van der Waals surface area contributed by atoms with E-state index in [0.29, 0.717) is 59.0 Å². The number of halogens is 2. The molecular formula is C41H45ClFN9O5. The number of carbonyl (C=O) groups is 4. The Bertz CT molecular complexity index is 2180. The fourth-order valence-electron chi connectivity index (χ4n) is 7.44. The number of rotatable bonds is 16. The van der Waals surface area contributed by atoms with Gasteiger partial charge in [0.1, 0.15) is 29.8 Å². The number of nitrogens with one attached hydrogen (secondary N) is 4. The minimum absolute atomic E-state index is 0.0205. The van der Waals surface area contributed by atoms with Gasteiger partial charge in [-0.15, -0.1) is 0 Å². The standard InChI is InChI=1S/C41H45ClFN9O5/c1-2-37(53)48-34-22-28-33(45-25-46-39(28)47-26-9-10-31(43)30(42)21-26)23-36(34)57-20-6-15-51-18-16-50(17-19-51)14-4-3-13-44-32-8-5-7-27-29(32)24-52(41(27)56)35-11-12-38(54)49-40(35)55/h2,5,7-10,21-23,25,35,44H,1,3-4,6,11-20,24H2,(H,48,53)(H,45,46,47)(H,49,54,55). The first-order chi connectivity index (χ1) is 27.7. The number of piperazine rings is 1. The minimum Gasteiger partial charge on any atom is -0.491 e. The Kier molecular flexibility index (Phi) is 12.6. The van der Waals surface area contributed by atoms with E-state index in [1.165, 1.54) is 24.5 Å². The molecule has 3 aliphatic rings. The summed E-state index contributed by atoms with van der Waals surface area (Å²) < 4.78 is 19.9. The van der Waals surface area contributed by atoms with Crippen molar-refractivity contribution < 1.29 is 28.3 Å². The highest BCUT2D eigenvalue weighted by Gasteiger charge is 2.39. The van der Waals surface area contributed by atoms with E-state index in [4.69, 9.17) is 16.3 Å². The normalized spacial score (nSPS) is 17.3. The lowest BCUT2D eigenvalue weighted by atomic mass is 10.0. The van der Waals surface area contributed by atoms with E-state index in [0.717, 1.165) is 76.3 Å². The zero-order valence-electron chi connectivity index (χ0n) is 31.5. The van der Waals surface area contributed by atoms with Crippen LogP contribution in [0.2, 0.25) is 5.02 Å². The van der Waals surface area contributed by atoms with Crippen molar-refractivity contribution in [3.05, 3.63) is 89.5 Å². The molecule has 2 fully saturated rings. The number of unbranched alkanes of at least 4 members (excludes halogenated alkanes) is 1. The number of ether oxygens (including phenoxy) is 1. The van der Waals surface area contributed by atoms with E-state index < -0.39 is 17.8 Å². The van der Waals surface area contributed by atoms with Crippen LogP contribution in [0.25, 0.3) is 10.9 Å². The molecule has 4 heterocycles. The van der Waals surface area contributed by atoms with Gasteiger partial charge in [-0.3, -0.25) is 24.5 Å². The van der Waals surface area contributed by atoms with E-state index in [1.807, 2.05) is 12.1 Å². The quantitative estimate of drug-likeness (QED) is 0.0659. The summed E-state index contributed by atoms with van der Waals surface area (Å²) >= 11 is 5.97. The third-order valence-corrected chi connectivity index (χ3v) is 10.8. The first-order valence-corrected chi connectivity index (χ1v) is 19.6. The van der Waals surface area contributed by atoms with Crippen molar-refractivity contribution in [2.45, 2.75) is 44.7 Å². The van der Waals surface area contributed by atoms with Gasteiger partial charge in [0.05, 0.1) is 22.8 Å². The van der Waals surface area contributed by atoms with Crippen molar-refractivity contribution in [2.75, 3.05) is 68.4 Å². The molecule has 4 amide bonds. The third-order valence-electron chi connectivity index (χ3n) is 10.5. The summed E-state index contributed by atoms with van der Waals surface area (Å²) in [4.78, 5) is 64.8. The summed E-state index contributed by atoms with van der Waals surface area (Å²) in [6.45, 7) is 10.9. The lowest BCUT2D eigenvalue weighted by Crippen LogP contribution is -2.52. The van der Waals surface area contributed by atoms with Crippen LogP contribution >= 0.6 is 11.6 Å². The number of anilines is 4. The van der Waals surface area contributed by atoms with Gasteiger partial charge in [0.2, 0.25) is 17.7 Å². The summed E-state index contributed by atoms with van der Waals surface area (Å²) in [5.74, 6) is -0.848. The van der Waals surface area contributed by atoms with E-state index in [-0.39, 0.29) is 29.2 Å². The van der Waals surface area contributed by atoms with Crippen LogP contribution in [0.3, 0.4) is 0 Å². The molecule has 1 atom stereocenters. The van der Waals surface area contributed by atoms with Gasteiger partial charge in [-0.2, -0.15) is 0 Å². The molecule has 1 unspecified atom stereocenters. The lowest BCUT2D eigenvalue weighted by molar-refractivity contribution is -0.137. The van der Waals surface area contributed by atoms with Crippen LogP contribution in [-0.2, 0) is 20.9 Å². The van der Waals surface area contributed by atoms with Gasteiger partial charge in [-0.1, -0.05) is 24.2 Å². The monoisotopic (exact) mass is 797 g/mol. The molecule has 0 spiro atoms. The van der Waals surface area contributed by atoms with E-state index in [1.54, 1.807) is 29.2 Å². The average molecular weight is 798 g/mol. The molecule has 14 nitrogen and oxygen atoms in total. The maximum atomic E-state index is 13.7. The number of amides is 4. The summed E-state index contributed by atoms with van der Waals surface area (Å²) in [7, 11) is 0. The summed E-state index contributed by atoms with van der Waals surface area (Å²) in [5.41, 5.74) is 4.01. The molecule has 0 aliphatic carbocycles. The molecule has 16 heteroatoms. The number of aromatic nitrogens is 2. The Morgan fingerprint density at radius 1 is 1.00 bits per heavy atom. The number of hydrogen-bond donors (Lipinski definition) is 4. The first-order valence-electron chi connectivity index (χ1n) is 19.2. The number of fused-ring (bicyclic) bond motifs is 2. The Balaban J connectivity index is 0.835. The Labute approximate surface area is 334 Å². The zero-order chi connectivity index (χ0) is 39.9. The lowest BCUT2D eigenvalue weighted by Gasteiger charge is -2.34. The molecule has 3 aliphatic heterocycles. The Morgan fingerprint density at radius 3 is 2.54 bits per heavy atom. The predicted octanol–water partition coefficient (Wildman–Crippen LogP) is 5.33. The molecule has 0 radical (unpaired) electrons. The molecular weight excluding hydrogens is 753 g/mol. The molecule has 0 saturated carbocycles.